The molecule has 1 unspecified atom stereocenters. The SMILES string of the molecule is CN(c1nccc(Nc2c(Cl)cccc2Cl)n1)C1CCS(=O)(=O)C1. The van der Waals surface area contributed by atoms with Gasteiger partial charge in [-0.05, 0) is 24.6 Å². The summed E-state index contributed by atoms with van der Waals surface area (Å²) in [6, 6.07) is 6.80. The molecular formula is C15H16Cl2N4O2S. The average Bonchev–Trinajstić information content (AvgIpc) is 2.91. The fourth-order valence-electron chi connectivity index (χ4n) is 2.58. The second-order valence-electron chi connectivity index (χ2n) is 5.63. The minimum Gasteiger partial charge on any atom is -0.340 e. The van der Waals surface area contributed by atoms with Gasteiger partial charge in [-0.3, -0.25) is 0 Å². The number of halogens is 2. The van der Waals surface area contributed by atoms with Crippen LogP contribution in [0.3, 0.4) is 0 Å². The molecule has 0 amide bonds. The van der Waals surface area contributed by atoms with Crippen LogP contribution in [0.15, 0.2) is 30.5 Å². The van der Waals surface area contributed by atoms with Crippen molar-refractivity contribution in [2.45, 2.75) is 12.5 Å². The van der Waals surface area contributed by atoms with Crippen molar-refractivity contribution < 1.29 is 8.42 Å². The van der Waals surface area contributed by atoms with Gasteiger partial charge in [-0.2, -0.15) is 4.98 Å². The van der Waals surface area contributed by atoms with E-state index in [2.05, 4.69) is 15.3 Å². The second-order valence-corrected chi connectivity index (χ2v) is 8.67. The van der Waals surface area contributed by atoms with Crippen molar-refractivity contribution in [3.63, 3.8) is 0 Å². The summed E-state index contributed by atoms with van der Waals surface area (Å²) in [5.74, 6) is 1.31. The van der Waals surface area contributed by atoms with Crippen LogP contribution in [0.5, 0.6) is 0 Å². The summed E-state index contributed by atoms with van der Waals surface area (Å²) in [6.45, 7) is 0. The molecule has 1 aliphatic heterocycles. The highest BCUT2D eigenvalue weighted by Crippen LogP contribution is 2.32. The lowest BCUT2D eigenvalue weighted by Crippen LogP contribution is -2.33. The standard InChI is InChI=1S/C15H16Cl2N4O2S/c1-21(10-6-8-24(22,23)9-10)15-18-7-5-13(20-15)19-14-11(16)3-2-4-12(14)17/h2-5,7,10H,6,8-9H2,1H3,(H,18,19,20). The first-order valence-corrected chi connectivity index (χ1v) is 9.91. The maximum Gasteiger partial charge on any atom is 0.227 e. The Hall–Kier alpha value is -1.57. The number of aromatic nitrogens is 2. The van der Waals surface area contributed by atoms with Gasteiger partial charge in [-0.15, -0.1) is 0 Å². The molecule has 9 heteroatoms. The summed E-state index contributed by atoms with van der Waals surface area (Å²) < 4.78 is 23.3. The molecule has 2 aromatic rings. The van der Waals surface area contributed by atoms with E-state index in [1.165, 1.54) is 0 Å². The Bertz CT molecular complexity index is 840. The minimum absolute atomic E-state index is 0.117. The van der Waals surface area contributed by atoms with E-state index in [0.29, 0.717) is 33.9 Å². The predicted molar refractivity (Wildman–Crippen MR) is 97.2 cm³/mol. The molecule has 1 N–H and O–H groups in total. The second kappa shape index (κ2) is 6.74. The quantitative estimate of drug-likeness (QED) is 0.869. The summed E-state index contributed by atoms with van der Waals surface area (Å²) in [5.41, 5.74) is 0.566. The molecule has 1 atom stereocenters. The molecule has 128 valence electrons. The van der Waals surface area contributed by atoms with Crippen LogP contribution >= 0.6 is 23.2 Å². The van der Waals surface area contributed by atoms with E-state index in [1.54, 1.807) is 42.4 Å². The van der Waals surface area contributed by atoms with Gasteiger partial charge in [0, 0.05) is 19.3 Å². The molecule has 0 spiro atoms. The van der Waals surface area contributed by atoms with E-state index in [4.69, 9.17) is 23.2 Å². The fourth-order valence-corrected chi connectivity index (χ4v) is 4.84. The number of hydrogen-bond acceptors (Lipinski definition) is 6. The van der Waals surface area contributed by atoms with Crippen LogP contribution in [0.4, 0.5) is 17.5 Å². The van der Waals surface area contributed by atoms with Crippen molar-refractivity contribution in [2.75, 3.05) is 28.8 Å². The Morgan fingerprint density at radius 3 is 2.58 bits per heavy atom. The van der Waals surface area contributed by atoms with Crippen LogP contribution in [0, 0.1) is 0 Å². The molecule has 0 bridgehead atoms. The van der Waals surface area contributed by atoms with Crippen LogP contribution in [0.25, 0.3) is 0 Å². The topological polar surface area (TPSA) is 75.2 Å². The van der Waals surface area contributed by atoms with Crippen LogP contribution in [-0.2, 0) is 9.84 Å². The first-order valence-electron chi connectivity index (χ1n) is 7.33. The highest BCUT2D eigenvalue weighted by Gasteiger charge is 2.31. The third-order valence-electron chi connectivity index (χ3n) is 3.93. The lowest BCUT2D eigenvalue weighted by atomic mass is 10.2. The molecule has 1 aromatic heterocycles. The molecule has 3 rings (SSSR count). The van der Waals surface area contributed by atoms with E-state index >= 15 is 0 Å². The van der Waals surface area contributed by atoms with Crippen LogP contribution < -0.4 is 10.2 Å². The van der Waals surface area contributed by atoms with E-state index < -0.39 is 9.84 Å². The Kier molecular flexibility index (Phi) is 4.85. The number of nitrogens with one attached hydrogen (secondary N) is 1. The highest BCUT2D eigenvalue weighted by molar-refractivity contribution is 7.91. The third kappa shape index (κ3) is 3.74. The lowest BCUT2D eigenvalue weighted by molar-refractivity contribution is 0.600. The predicted octanol–water partition coefficient (Wildman–Crippen LogP) is 3.15. The number of para-hydroxylation sites is 1. The molecule has 1 aromatic carbocycles. The van der Waals surface area contributed by atoms with E-state index in [1.807, 2.05) is 0 Å². The Labute approximate surface area is 150 Å². The van der Waals surface area contributed by atoms with Crippen LogP contribution in [0.2, 0.25) is 10.0 Å². The monoisotopic (exact) mass is 386 g/mol. The largest absolute Gasteiger partial charge is 0.340 e. The van der Waals surface area contributed by atoms with Crippen LogP contribution in [0.1, 0.15) is 6.42 Å². The molecule has 24 heavy (non-hydrogen) atoms. The van der Waals surface area contributed by atoms with Gasteiger partial charge in [-0.25, -0.2) is 13.4 Å². The van der Waals surface area contributed by atoms with E-state index in [0.717, 1.165) is 0 Å². The molecule has 0 aliphatic carbocycles. The van der Waals surface area contributed by atoms with Crippen molar-refractivity contribution in [3.05, 3.63) is 40.5 Å². The van der Waals surface area contributed by atoms with Crippen LogP contribution in [-0.4, -0.2) is 43.0 Å². The van der Waals surface area contributed by atoms with Gasteiger partial charge in [0.2, 0.25) is 5.95 Å². The van der Waals surface area contributed by atoms with Gasteiger partial charge in [0.05, 0.1) is 27.2 Å². The third-order valence-corrected chi connectivity index (χ3v) is 6.31. The van der Waals surface area contributed by atoms with Crippen molar-refractivity contribution in [3.8, 4) is 0 Å². The maximum absolute atomic E-state index is 11.7. The smallest absolute Gasteiger partial charge is 0.227 e. The van der Waals surface area contributed by atoms with Gasteiger partial charge < -0.3 is 10.2 Å². The zero-order valence-electron chi connectivity index (χ0n) is 12.9. The molecule has 0 radical (unpaired) electrons. The Balaban J connectivity index is 1.82. The highest BCUT2D eigenvalue weighted by atomic mass is 35.5. The average molecular weight is 387 g/mol. The summed E-state index contributed by atoms with van der Waals surface area (Å²) in [5, 5.41) is 4.05. The lowest BCUT2D eigenvalue weighted by Gasteiger charge is -2.23. The number of nitrogens with zero attached hydrogens (tertiary/aromatic N) is 3. The zero-order valence-corrected chi connectivity index (χ0v) is 15.2. The number of rotatable bonds is 4. The fraction of sp³-hybridized carbons (Fsp3) is 0.333. The first kappa shape index (κ1) is 17.3. The van der Waals surface area contributed by atoms with E-state index in [9.17, 15) is 8.42 Å². The summed E-state index contributed by atoms with van der Waals surface area (Å²) in [6.07, 6.45) is 2.19. The first-order chi connectivity index (χ1) is 11.4. The number of anilines is 3. The molecular weight excluding hydrogens is 371 g/mol. The molecule has 6 nitrogen and oxygen atoms in total. The summed E-state index contributed by atoms with van der Waals surface area (Å²) in [7, 11) is -1.17. The Morgan fingerprint density at radius 2 is 1.96 bits per heavy atom. The minimum atomic E-state index is -2.97. The summed E-state index contributed by atoms with van der Waals surface area (Å²) in [4.78, 5) is 10.5. The van der Waals surface area contributed by atoms with Gasteiger partial charge in [0.15, 0.2) is 9.84 Å². The summed E-state index contributed by atoms with van der Waals surface area (Å²) >= 11 is 12.3. The van der Waals surface area contributed by atoms with Gasteiger partial charge in [-0.1, -0.05) is 29.3 Å². The van der Waals surface area contributed by atoms with Crippen molar-refractivity contribution in [1.29, 1.82) is 0 Å². The Morgan fingerprint density at radius 1 is 1.25 bits per heavy atom. The van der Waals surface area contributed by atoms with Crippen molar-refractivity contribution >= 4 is 50.5 Å². The zero-order chi connectivity index (χ0) is 17.3. The van der Waals surface area contributed by atoms with Gasteiger partial charge >= 0.3 is 0 Å². The number of sulfone groups is 1. The molecule has 1 aliphatic rings. The van der Waals surface area contributed by atoms with Crippen molar-refractivity contribution in [2.24, 2.45) is 0 Å². The maximum atomic E-state index is 11.7. The van der Waals surface area contributed by atoms with E-state index in [-0.39, 0.29) is 17.5 Å². The number of hydrogen-bond donors (Lipinski definition) is 1. The molecule has 1 fully saturated rings. The number of benzene rings is 1. The molecule has 0 saturated carbocycles. The normalized spacial score (nSPS) is 19.2. The molecule has 1 saturated heterocycles. The van der Waals surface area contributed by atoms with Crippen molar-refractivity contribution in [1.82, 2.24) is 9.97 Å². The van der Waals surface area contributed by atoms with Gasteiger partial charge in [0.25, 0.3) is 0 Å². The molecule has 2 heterocycles. The van der Waals surface area contributed by atoms with Gasteiger partial charge in [0.1, 0.15) is 5.82 Å².